The Bertz CT molecular complexity index is 451. The van der Waals surface area contributed by atoms with E-state index in [4.69, 9.17) is 5.11 Å². The maximum absolute atomic E-state index is 11.7. The number of benzene rings is 1. The Morgan fingerprint density at radius 3 is 2.74 bits per heavy atom. The third-order valence-electron chi connectivity index (χ3n) is 2.46. The molecule has 0 aliphatic heterocycles. The highest BCUT2D eigenvalue weighted by molar-refractivity contribution is 9.10. The SMILES string of the molecule is CC(CO)CNC(=O)CNC(=O)c1cccc(Br)c1. The fourth-order valence-corrected chi connectivity index (χ4v) is 1.71. The molecule has 0 aliphatic rings. The van der Waals surface area contributed by atoms with E-state index in [1.165, 1.54) is 0 Å². The summed E-state index contributed by atoms with van der Waals surface area (Å²) in [6.07, 6.45) is 0. The standard InChI is InChI=1S/C13H17BrN2O3/c1-9(8-17)6-15-12(18)7-16-13(19)10-3-2-4-11(14)5-10/h2-5,9,17H,6-8H2,1H3,(H,15,18)(H,16,19). The first-order valence-electron chi connectivity index (χ1n) is 5.94. The van der Waals surface area contributed by atoms with Gasteiger partial charge >= 0.3 is 0 Å². The van der Waals surface area contributed by atoms with E-state index < -0.39 is 0 Å². The molecule has 104 valence electrons. The first kappa shape index (κ1) is 15.7. The third-order valence-corrected chi connectivity index (χ3v) is 2.95. The number of amides is 2. The van der Waals surface area contributed by atoms with Crippen molar-refractivity contribution >= 4 is 27.7 Å². The molecule has 3 N–H and O–H groups in total. The molecule has 1 aromatic rings. The van der Waals surface area contributed by atoms with Crippen LogP contribution in [-0.2, 0) is 4.79 Å². The maximum atomic E-state index is 11.7. The van der Waals surface area contributed by atoms with Gasteiger partial charge < -0.3 is 15.7 Å². The molecule has 1 aromatic carbocycles. The largest absolute Gasteiger partial charge is 0.396 e. The number of aliphatic hydroxyl groups excluding tert-OH is 1. The van der Waals surface area contributed by atoms with Gasteiger partial charge in [0.25, 0.3) is 5.91 Å². The topological polar surface area (TPSA) is 78.4 Å². The van der Waals surface area contributed by atoms with Crippen LogP contribution in [0.2, 0.25) is 0 Å². The summed E-state index contributed by atoms with van der Waals surface area (Å²) in [6.45, 7) is 2.15. The molecule has 0 aliphatic carbocycles. The molecule has 1 rings (SSSR count). The van der Waals surface area contributed by atoms with Crippen LogP contribution in [0, 0.1) is 5.92 Å². The van der Waals surface area contributed by atoms with Gasteiger partial charge in [0.1, 0.15) is 0 Å². The Morgan fingerprint density at radius 1 is 1.37 bits per heavy atom. The van der Waals surface area contributed by atoms with Gasteiger partial charge in [0.05, 0.1) is 6.54 Å². The van der Waals surface area contributed by atoms with Gasteiger partial charge in [0.2, 0.25) is 5.91 Å². The smallest absolute Gasteiger partial charge is 0.251 e. The minimum absolute atomic E-state index is 0.00438. The molecule has 0 saturated heterocycles. The second-order valence-corrected chi connectivity index (χ2v) is 5.20. The number of hydrogen-bond donors (Lipinski definition) is 3. The monoisotopic (exact) mass is 328 g/mol. The Balaban J connectivity index is 2.36. The number of nitrogens with one attached hydrogen (secondary N) is 2. The van der Waals surface area contributed by atoms with Crippen molar-refractivity contribution in [3.05, 3.63) is 34.3 Å². The predicted octanol–water partition coefficient (Wildman–Crippen LogP) is 0.924. The number of carbonyl (C=O) groups is 2. The van der Waals surface area contributed by atoms with Gasteiger partial charge in [0.15, 0.2) is 0 Å². The number of halogens is 1. The van der Waals surface area contributed by atoms with Crippen LogP contribution in [0.15, 0.2) is 28.7 Å². The van der Waals surface area contributed by atoms with Crippen LogP contribution in [0.5, 0.6) is 0 Å². The molecule has 0 saturated carbocycles. The molecule has 0 radical (unpaired) electrons. The third kappa shape index (κ3) is 5.85. The summed E-state index contributed by atoms with van der Waals surface area (Å²) in [4.78, 5) is 23.2. The van der Waals surface area contributed by atoms with E-state index in [0.29, 0.717) is 12.1 Å². The summed E-state index contributed by atoms with van der Waals surface area (Å²) in [5.41, 5.74) is 0.492. The summed E-state index contributed by atoms with van der Waals surface area (Å²) >= 11 is 3.28. The minimum Gasteiger partial charge on any atom is -0.396 e. The second-order valence-electron chi connectivity index (χ2n) is 4.28. The van der Waals surface area contributed by atoms with E-state index in [9.17, 15) is 9.59 Å². The van der Waals surface area contributed by atoms with Gasteiger partial charge in [-0.25, -0.2) is 0 Å². The second kappa shape index (κ2) is 7.91. The molecule has 6 heteroatoms. The lowest BCUT2D eigenvalue weighted by atomic mass is 10.2. The fraction of sp³-hybridized carbons (Fsp3) is 0.385. The molecule has 0 spiro atoms. The van der Waals surface area contributed by atoms with Gasteiger partial charge in [-0.05, 0) is 24.1 Å². The van der Waals surface area contributed by atoms with Crippen LogP contribution in [0.1, 0.15) is 17.3 Å². The normalized spacial score (nSPS) is 11.7. The van der Waals surface area contributed by atoms with Crippen molar-refractivity contribution < 1.29 is 14.7 Å². The molecule has 0 heterocycles. The Hall–Kier alpha value is -1.40. The molecule has 5 nitrogen and oxygen atoms in total. The van der Waals surface area contributed by atoms with Gasteiger partial charge in [-0.15, -0.1) is 0 Å². The molecule has 0 bridgehead atoms. The molecular formula is C13H17BrN2O3. The molecule has 2 amide bonds. The first-order chi connectivity index (χ1) is 9.02. The van der Waals surface area contributed by atoms with Crippen molar-refractivity contribution in [2.45, 2.75) is 6.92 Å². The molecule has 19 heavy (non-hydrogen) atoms. The summed E-state index contributed by atoms with van der Waals surface area (Å²) in [6, 6.07) is 6.93. The number of aliphatic hydroxyl groups is 1. The highest BCUT2D eigenvalue weighted by Crippen LogP contribution is 2.11. The fourth-order valence-electron chi connectivity index (χ4n) is 1.31. The van der Waals surface area contributed by atoms with Crippen LogP contribution >= 0.6 is 15.9 Å². The number of rotatable bonds is 6. The predicted molar refractivity (Wildman–Crippen MR) is 75.7 cm³/mol. The summed E-state index contributed by atoms with van der Waals surface area (Å²) < 4.78 is 0.807. The number of carbonyl (C=O) groups excluding carboxylic acids is 2. The molecule has 1 unspecified atom stereocenters. The molecule has 0 aromatic heterocycles. The lowest BCUT2D eigenvalue weighted by Gasteiger charge is -2.10. The van der Waals surface area contributed by atoms with E-state index in [1.54, 1.807) is 18.2 Å². The summed E-state index contributed by atoms with van der Waals surface area (Å²) in [5, 5.41) is 14.0. The van der Waals surface area contributed by atoms with E-state index in [0.717, 1.165) is 4.47 Å². The van der Waals surface area contributed by atoms with Gasteiger partial charge in [-0.2, -0.15) is 0 Å². The summed E-state index contributed by atoms with van der Waals surface area (Å²) in [7, 11) is 0. The van der Waals surface area contributed by atoms with Gasteiger partial charge in [-0.1, -0.05) is 28.9 Å². The Morgan fingerprint density at radius 2 is 2.11 bits per heavy atom. The zero-order chi connectivity index (χ0) is 14.3. The number of hydrogen-bond acceptors (Lipinski definition) is 3. The lowest BCUT2D eigenvalue weighted by Crippen LogP contribution is -2.39. The van der Waals surface area contributed by atoms with Gasteiger partial charge in [0, 0.05) is 23.2 Å². The average molecular weight is 329 g/mol. The Labute approximate surface area is 120 Å². The van der Waals surface area contributed by atoms with Crippen LogP contribution in [0.3, 0.4) is 0 Å². The van der Waals surface area contributed by atoms with Crippen LogP contribution in [-0.4, -0.2) is 36.6 Å². The minimum atomic E-state index is -0.299. The first-order valence-corrected chi connectivity index (χ1v) is 6.73. The highest BCUT2D eigenvalue weighted by Gasteiger charge is 2.09. The van der Waals surface area contributed by atoms with Crippen molar-refractivity contribution in [1.82, 2.24) is 10.6 Å². The van der Waals surface area contributed by atoms with Crippen molar-refractivity contribution in [1.29, 1.82) is 0 Å². The summed E-state index contributed by atoms with van der Waals surface area (Å²) in [5.74, 6) is -0.569. The molecule has 1 atom stereocenters. The zero-order valence-corrected chi connectivity index (χ0v) is 12.2. The van der Waals surface area contributed by atoms with Crippen LogP contribution < -0.4 is 10.6 Å². The van der Waals surface area contributed by atoms with Crippen molar-refractivity contribution in [2.24, 2.45) is 5.92 Å². The zero-order valence-electron chi connectivity index (χ0n) is 10.6. The van der Waals surface area contributed by atoms with E-state index in [2.05, 4.69) is 26.6 Å². The van der Waals surface area contributed by atoms with E-state index >= 15 is 0 Å². The molecule has 0 fully saturated rings. The van der Waals surface area contributed by atoms with Gasteiger partial charge in [-0.3, -0.25) is 9.59 Å². The van der Waals surface area contributed by atoms with E-state index in [-0.39, 0.29) is 30.9 Å². The van der Waals surface area contributed by atoms with Crippen molar-refractivity contribution in [3.63, 3.8) is 0 Å². The van der Waals surface area contributed by atoms with Crippen LogP contribution in [0.25, 0.3) is 0 Å². The average Bonchev–Trinajstić information content (AvgIpc) is 2.41. The Kier molecular flexibility index (Phi) is 6.52. The van der Waals surface area contributed by atoms with E-state index in [1.807, 2.05) is 13.0 Å². The molecular weight excluding hydrogens is 312 g/mol. The maximum Gasteiger partial charge on any atom is 0.251 e. The lowest BCUT2D eigenvalue weighted by molar-refractivity contribution is -0.120. The quantitative estimate of drug-likeness (QED) is 0.726. The van der Waals surface area contributed by atoms with Crippen molar-refractivity contribution in [2.75, 3.05) is 19.7 Å². The van der Waals surface area contributed by atoms with Crippen LogP contribution in [0.4, 0.5) is 0 Å². The van der Waals surface area contributed by atoms with Crippen molar-refractivity contribution in [3.8, 4) is 0 Å². The highest BCUT2D eigenvalue weighted by atomic mass is 79.9.